The number of ether oxygens (including phenoxy) is 1. The summed E-state index contributed by atoms with van der Waals surface area (Å²) in [5.74, 6) is 0.502. The molecule has 2 heterocycles. The van der Waals surface area contributed by atoms with E-state index in [2.05, 4.69) is 10.6 Å². The molecule has 1 aliphatic heterocycles. The third kappa shape index (κ3) is 4.24. The highest BCUT2D eigenvalue weighted by Crippen LogP contribution is 2.13. The number of nitrogens with zero attached hydrogens (tertiary/aromatic N) is 1. The van der Waals surface area contributed by atoms with Crippen LogP contribution in [0.15, 0.2) is 16.7 Å². The monoisotopic (exact) mass is 309 g/mol. The lowest BCUT2D eigenvalue weighted by molar-refractivity contribution is 0.0916. The molecule has 0 aromatic carbocycles. The van der Waals surface area contributed by atoms with Gasteiger partial charge in [0.15, 0.2) is 0 Å². The fourth-order valence-electron chi connectivity index (χ4n) is 2.48. The highest BCUT2D eigenvalue weighted by Gasteiger charge is 2.24. The van der Waals surface area contributed by atoms with Crippen LogP contribution in [0.5, 0.6) is 0 Å². The Morgan fingerprint density at radius 1 is 1.41 bits per heavy atom. The molecule has 1 aromatic heterocycles. The third-order valence-corrected chi connectivity index (χ3v) is 3.80. The first-order chi connectivity index (χ1) is 10.6. The quantitative estimate of drug-likeness (QED) is 0.799. The van der Waals surface area contributed by atoms with Crippen molar-refractivity contribution in [1.29, 1.82) is 0 Å². The molecule has 1 aliphatic rings. The van der Waals surface area contributed by atoms with Gasteiger partial charge in [-0.1, -0.05) is 0 Å². The molecule has 0 spiro atoms. The average Bonchev–Trinajstić information content (AvgIpc) is 2.94. The van der Waals surface area contributed by atoms with Crippen molar-refractivity contribution in [2.75, 3.05) is 33.4 Å². The van der Waals surface area contributed by atoms with Crippen molar-refractivity contribution in [2.45, 2.75) is 25.8 Å². The molecule has 1 saturated heterocycles. The lowest BCUT2D eigenvalue weighted by atomic mass is 10.0. The van der Waals surface area contributed by atoms with Crippen molar-refractivity contribution in [3.8, 4) is 0 Å². The van der Waals surface area contributed by atoms with Crippen LogP contribution in [0, 0.1) is 6.92 Å². The predicted octanol–water partition coefficient (Wildman–Crippen LogP) is 1.14. The molecule has 2 N–H and O–H groups in total. The molecule has 122 valence electrons. The maximum atomic E-state index is 12.1. The van der Waals surface area contributed by atoms with Gasteiger partial charge in [0.25, 0.3) is 5.91 Å². The molecule has 0 bridgehead atoms. The van der Waals surface area contributed by atoms with Crippen LogP contribution in [0.1, 0.15) is 29.0 Å². The van der Waals surface area contributed by atoms with Gasteiger partial charge >= 0.3 is 6.03 Å². The number of methoxy groups -OCH3 is 1. The Labute approximate surface area is 130 Å². The Morgan fingerprint density at radius 2 is 2.14 bits per heavy atom. The minimum absolute atomic E-state index is 0.0764. The zero-order valence-corrected chi connectivity index (χ0v) is 13.1. The fraction of sp³-hybridized carbons (Fsp3) is 0.600. The van der Waals surface area contributed by atoms with Gasteiger partial charge in [0, 0.05) is 32.8 Å². The number of hydrogen-bond acceptors (Lipinski definition) is 4. The largest absolute Gasteiger partial charge is 0.469 e. The summed E-state index contributed by atoms with van der Waals surface area (Å²) in [6.07, 6.45) is 3.01. The summed E-state index contributed by atoms with van der Waals surface area (Å²) < 4.78 is 10.0. The van der Waals surface area contributed by atoms with Crippen LogP contribution in [-0.2, 0) is 4.74 Å². The molecule has 0 saturated carbocycles. The summed E-state index contributed by atoms with van der Waals surface area (Å²) >= 11 is 0. The smallest absolute Gasteiger partial charge is 0.317 e. The molecule has 0 aliphatic carbocycles. The molecule has 1 fully saturated rings. The molecule has 7 nitrogen and oxygen atoms in total. The number of aryl methyl sites for hydroxylation is 1. The summed E-state index contributed by atoms with van der Waals surface area (Å²) in [7, 11) is 1.60. The van der Waals surface area contributed by atoms with E-state index in [0.717, 1.165) is 12.8 Å². The number of carbonyl (C=O) groups is 2. The number of nitrogens with one attached hydrogen (secondary N) is 2. The van der Waals surface area contributed by atoms with Crippen LogP contribution in [0.2, 0.25) is 0 Å². The second kappa shape index (κ2) is 7.84. The van der Waals surface area contributed by atoms with E-state index >= 15 is 0 Å². The van der Waals surface area contributed by atoms with Gasteiger partial charge in [-0.25, -0.2) is 4.79 Å². The molecular formula is C15H23N3O4. The number of piperidine rings is 1. The van der Waals surface area contributed by atoms with Crippen LogP contribution in [0.4, 0.5) is 4.79 Å². The molecule has 3 amide bonds. The lowest BCUT2D eigenvalue weighted by Gasteiger charge is -2.32. The molecule has 0 radical (unpaired) electrons. The summed E-state index contributed by atoms with van der Waals surface area (Å²) in [4.78, 5) is 25.8. The predicted molar refractivity (Wildman–Crippen MR) is 80.8 cm³/mol. The Kier molecular flexibility index (Phi) is 5.83. The van der Waals surface area contributed by atoms with Crippen LogP contribution in [0.3, 0.4) is 0 Å². The number of carbonyl (C=O) groups excluding carboxylic acids is 2. The second-order valence-electron chi connectivity index (χ2n) is 5.35. The summed E-state index contributed by atoms with van der Waals surface area (Å²) in [5.41, 5.74) is 0.569. The number of furan rings is 1. The van der Waals surface area contributed by atoms with Crippen molar-refractivity contribution in [3.05, 3.63) is 23.7 Å². The van der Waals surface area contributed by atoms with Crippen LogP contribution in [0.25, 0.3) is 0 Å². The highest BCUT2D eigenvalue weighted by atomic mass is 16.5. The van der Waals surface area contributed by atoms with Gasteiger partial charge < -0.3 is 24.7 Å². The van der Waals surface area contributed by atoms with Crippen molar-refractivity contribution >= 4 is 11.9 Å². The molecule has 2 rings (SSSR count). The van der Waals surface area contributed by atoms with Gasteiger partial charge in [0.05, 0.1) is 18.4 Å². The van der Waals surface area contributed by atoms with Gasteiger partial charge in [-0.05, 0) is 25.8 Å². The summed E-state index contributed by atoms with van der Waals surface area (Å²) in [5, 5.41) is 5.80. The Hall–Kier alpha value is -2.02. The van der Waals surface area contributed by atoms with E-state index in [-0.39, 0.29) is 18.0 Å². The van der Waals surface area contributed by atoms with Gasteiger partial charge in [0.2, 0.25) is 0 Å². The number of hydrogen-bond donors (Lipinski definition) is 2. The van der Waals surface area contributed by atoms with Crippen molar-refractivity contribution in [3.63, 3.8) is 0 Å². The van der Waals surface area contributed by atoms with E-state index in [0.29, 0.717) is 37.6 Å². The minimum Gasteiger partial charge on any atom is -0.469 e. The van der Waals surface area contributed by atoms with Gasteiger partial charge in [0.1, 0.15) is 5.76 Å². The average molecular weight is 309 g/mol. The summed E-state index contributed by atoms with van der Waals surface area (Å²) in [6, 6.07) is 1.68. The molecular weight excluding hydrogens is 286 g/mol. The van der Waals surface area contributed by atoms with E-state index in [1.807, 2.05) is 0 Å². The molecule has 0 unspecified atom stereocenters. The van der Waals surface area contributed by atoms with Crippen molar-refractivity contribution in [2.24, 2.45) is 0 Å². The topological polar surface area (TPSA) is 83.8 Å². The summed E-state index contributed by atoms with van der Waals surface area (Å²) in [6.45, 7) is 4.04. The van der Waals surface area contributed by atoms with E-state index in [1.54, 1.807) is 25.0 Å². The van der Waals surface area contributed by atoms with E-state index in [4.69, 9.17) is 9.15 Å². The first-order valence-corrected chi connectivity index (χ1v) is 7.48. The molecule has 0 atom stereocenters. The molecule has 22 heavy (non-hydrogen) atoms. The van der Waals surface area contributed by atoms with Crippen molar-refractivity contribution < 1.29 is 18.7 Å². The second-order valence-corrected chi connectivity index (χ2v) is 5.35. The SMILES string of the molecule is COCCNC(=O)N1CCC(NC(=O)c2ccoc2C)CC1. The van der Waals surface area contributed by atoms with E-state index in [9.17, 15) is 9.59 Å². The molecule has 1 aromatic rings. The van der Waals surface area contributed by atoms with Crippen LogP contribution >= 0.6 is 0 Å². The number of likely N-dealkylation sites (tertiary alicyclic amines) is 1. The van der Waals surface area contributed by atoms with Crippen LogP contribution < -0.4 is 10.6 Å². The molecule has 7 heteroatoms. The number of urea groups is 1. The first-order valence-electron chi connectivity index (χ1n) is 7.48. The van der Waals surface area contributed by atoms with Crippen LogP contribution in [-0.4, -0.2) is 56.2 Å². The highest BCUT2D eigenvalue weighted by molar-refractivity contribution is 5.95. The first kappa shape index (κ1) is 16.4. The number of amides is 3. The van der Waals surface area contributed by atoms with E-state index < -0.39 is 0 Å². The van der Waals surface area contributed by atoms with Gasteiger partial charge in [-0.2, -0.15) is 0 Å². The van der Waals surface area contributed by atoms with Gasteiger partial charge in [-0.15, -0.1) is 0 Å². The standard InChI is InChI=1S/C15H23N3O4/c1-11-13(5-9-22-11)14(19)17-12-3-7-18(8-4-12)15(20)16-6-10-21-2/h5,9,12H,3-4,6-8,10H2,1-2H3,(H,16,20)(H,17,19). The third-order valence-electron chi connectivity index (χ3n) is 3.80. The Morgan fingerprint density at radius 3 is 2.73 bits per heavy atom. The maximum Gasteiger partial charge on any atom is 0.317 e. The lowest BCUT2D eigenvalue weighted by Crippen LogP contribution is -2.49. The Bertz CT molecular complexity index is 507. The number of rotatable bonds is 5. The normalized spacial score (nSPS) is 15.6. The minimum atomic E-state index is -0.116. The fourth-order valence-corrected chi connectivity index (χ4v) is 2.48. The Balaban J connectivity index is 1.74. The maximum absolute atomic E-state index is 12.1. The van der Waals surface area contributed by atoms with E-state index in [1.165, 1.54) is 6.26 Å². The van der Waals surface area contributed by atoms with Gasteiger partial charge in [-0.3, -0.25) is 4.79 Å². The zero-order valence-electron chi connectivity index (χ0n) is 13.1. The van der Waals surface area contributed by atoms with Crippen molar-refractivity contribution in [1.82, 2.24) is 15.5 Å². The zero-order chi connectivity index (χ0) is 15.9.